The molecule has 0 bridgehead atoms. The number of rotatable bonds is 1. The Labute approximate surface area is 137 Å². The number of aryl methyl sites for hydroxylation is 3. The predicted molar refractivity (Wildman–Crippen MR) is 96.2 cm³/mol. The van der Waals surface area contributed by atoms with Crippen molar-refractivity contribution in [2.24, 2.45) is 0 Å². The molecule has 0 aliphatic heterocycles. The van der Waals surface area contributed by atoms with Crippen molar-refractivity contribution in [2.45, 2.75) is 33.6 Å². The first-order chi connectivity index (χ1) is 11.1. The molecule has 0 aromatic heterocycles. The highest BCUT2D eigenvalue weighted by molar-refractivity contribution is 6.11. The lowest BCUT2D eigenvalue weighted by Gasteiger charge is -2.18. The minimum absolute atomic E-state index is 0.289. The lowest BCUT2D eigenvalue weighted by molar-refractivity contribution is 0.0994. The summed E-state index contributed by atoms with van der Waals surface area (Å²) in [5.74, 6) is 0.289. The largest absolute Gasteiger partial charge is 0.294 e. The number of carbonyl (C=O) groups excluding carboxylic acids is 1. The quantitative estimate of drug-likeness (QED) is 0.575. The van der Waals surface area contributed by atoms with Crippen LogP contribution in [-0.2, 0) is 6.42 Å². The number of hydrogen-bond acceptors (Lipinski definition) is 1. The maximum Gasteiger partial charge on any atom is 0.163 e. The SMILES string of the molecule is Cc1cc(C)c2cc3c(c(-c4ccccc4)c2c1C)CCC3=O. The normalized spacial score (nSPS) is 13.6. The molecule has 0 amide bonds. The van der Waals surface area contributed by atoms with Crippen molar-refractivity contribution in [1.82, 2.24) is 0 Å². The van der Waals surface area contributed by atoms with Crippen molar-refractivity contribution in [3.05, 3.63) is 70.3 Å². The number of ketones is 1. The molecule has 0 radical (unpaired) electrons. The standard InChI is InChI=1S/C22H20O/c1-13-11-14(2)18-12-19-17(9-10-20(19)23)22(21(18)15(13)3)16-7-5-4-6-8-16/h4-8,11-12H,9-10H2,1-3H3. The number of benzene rings is 3. The molecule has 23 heavy (non-hydrogen) atoms. The number of hydrogen-bond donors (Lipinski definition) is 0. The minimum atomic E-state index is 0.289. The lowest BCUT2D eigenvalue weighted by atomic mass is 9.85. The maximum atomic E-state index is 12.4. The van der Waals surface area contributed by atoms with E-state index >= 15 is 0 Å². The average Bonchev–Trinajstić information content (AvgIpc) is 2.93. The van der Waals surface area contributed by atoms with Gasteiger partial charge in [-0.25, -0.2) is 0 Å². The summed E-state index contributed by atoms with van der Waals surface area (Å²) in [7, 11) is 0. The smallest absolute Gasteiger partial charge is 0.163 e. The van der Waals surface area contributed by atoms with Crippen molar-refractivity contribution in [1.29, 1.82) is 0 Å². The van der Waals surface area contributed by atoms with Crippen LogP contribution in [0.1, 0.15) is 39.0 Å². The topological polar surface area (TPSA) is 17.1 Å². The molecule has 0 heterocycles. The predicted octanol–water partition coefficient (Wildman–Crippen LogP) is 5.56. The first kappa shape index (κ1) is 14.2. The van der Waals surface area contributed by atoms with Crippen LogP contribution in [0.4, 0.5) is 0 Å². The Kier molecular flexibility index (Phi) is 3.12. The van der Waals surface area contributed by atoms with Gasteiger partial charge in [-0.15, -0.1) is 0 Å². The van der Waals surface area contributed by atoms with E-state index in [9.17, 15) is 4.79 Å². The fraction of sp³-hybridized carbons (Fsp3) is 0.227. The molecule has 0 unspecified atom stereocenters. The van der Waals surface area contributed by atoms with E-state index in [1.165, 1.54) is 44.2 Å². The van der Waals surface area contributed by atoms with Crippen LogP contribution in [0.3, 0.4) is 0 Å². The van der Waals surface area contributed by atoms with E-state index in [1.54, 1.807) is 0 Å². The Balaban J connectivity index is 2.24. The molecule has 1 aliphatic rings. The van der Waals surface area contributed by atoms with Gasteiger partial charge >= 0.3 is 0 Å². The summed E-state index contributed by atoms with van der Waals surface area (Å²) >= 11 is 0. The van der Waals surface area contributed by atoms with Gasteiger partial charge in [0.05, 0.1) is 0 Å². The highest BCUT2D eigenvalue weighted by atomic mass is 16.1. The van der Waals surface area contributed by atoms with Crippen LogP contribution in [0.15, 0.2) is 42.5 Å². The van der Waals surface area contributed by atoms with Gasteiger partial charge in [-0.2, -0.15) is 0 Å². The molecule has 0 N–H and O–H groups in total. The van der Waals surface area contributed by atoms with Crippen LogP contribution in [0.2, 0.25) is 0 Å². The zero-order valence-corrected chi connectivity index (χ0v) is 13.9. The summed E-state index contributed by atoms with van der Waals surface area (Å²) in [5, 5.41) is 2.54. The Morgan fingerprint density at radius 2 is 1.61 bits per heavy atom. The van der Waals surface area contributed by atoms with Crippen molar-refractivity contribution in [3.63, 3.8) is 0 Å². The highest BCUT2D eigenvalue weighted by Crippen LogP contribution is 2.41. The van der Waals surface area contributed by atoms with Gasteiger partial charge in [0, 0.05) is 12.0 Å². The minimum Gasteiger partial charge on any atom is -0.294 e. The number of carbonyl (C=O) groups is 1. The van der Waals surface area contributed by atoms with Gasteiger partial charge < -0.3 is 0 Å². The van der Waals surface area contributed by atoms with Crippen LogP contribution in [0.5, 0.6) is 0 Å². The molecule has 1 aliphatic carbocycles. The molecule has 0 fully saturated rings. The van der Waals surface area contributed by atoms with Gasteiger partial charge in [-0.05, 0) is 77.4 Å². The third kappa shape index (κ3) is 2.03. The van der Waals surface area contributed by atoms with E-state index in [2.05, 4.69) is 57.2 Å². The second-order valence-corrected chi connectivity index (χ2v) is 6.62. The Bertz CT molecular complexity index is 949. The summed E-state index contributed by atoms with van der Waals surface area (Å²) < 4.78 is 0. The molecule has 114 valence electrons. The van der Waals surface area contributed by atoms with E-state index < -0.39 is 0 Å². The molecule has 0 saturated heterocycles. The molecule has 3 aromatic rings. The number of fused-ring (bicyclic) bond motifs is 2. The van der Waals surface area contributed by atoms with E-state index in [-0.39, 0.29) is 5.78 Å². The van der Waals surface area contributed by atoms with Gasteiger partial charge in [0.25, 0.3) is 0 Å². The molecule has 0 saturated carbocycles. The third-order valence-electron chi connectivity index (χ3n) is 5.22. The molecule has 1 nitrogen and oxygen atoms in total. The van der Waals surface area contributed by atoms with Gasteiger partial charge in [0.2, 0.25) is 0 Å². The van der Waals surface area contributed by atoms with E-state index in [1.807, 2.05) is 6.07 Å². The van der Waals surface area contributed by atoms with E-state index in [0.717, 1.165) is 12.0 Å². The van der Waals surface area contributed by atoms with Crippen LogP contribution in [0.25, 0.3) is 21.9 Å². The second kappa shape index (κ2) is 5.06. The number of Topliss-reactive ketones (excluding diaryl/α,β-unsaturated/α-hetero) is 1. The van der Waals surface area contributed by atoms with Crippen LogP contribution in [-0.4, -0.2) is 5.78 Å². The Hall–Kier alpha value is -2.41. The second-order valence-electron chi connectivity index (χ2n) is 6.62. The van der Waals surface area contributed by atoms with Crippen LogP contribution in [0, 0.1) is 20.8 Å². The molecular weight excluding hydrogens is 280 g/mol. The van der Waals surface area contributed by atoms with Crippen LogP contribution < -0.4 is 0 Å². The fourth-order valence-corrected chi connectivity index (χ4v) is 3.94. The Morgan fingerprint density at radius 1 is 0.870 bits per heavy atom. The lowest BCUT2D eigenvalue weighted by Crippen LogP contribution is -1.98. The average molecular weight is 300 g/mol. The summed E-state index contributed by atoms with van der Waals surface area (Å²) in [6.45, 7) is 6.52. The summed E-state index contributed by atoms with van der Waals surface area (Å²) in [4.78, 5) is 12.4. The van der Waals surface area contributed by atoms with Crippen LogP contribution >= 0.6 is 0 Å². The molecule has 4 rings (SSSR count). The third-order valence-corrected chi connectivity index (χ3v) is 5.22. The molecule has 0 atom stereocenters. The summed E-state index contributed by atoms with van der Waals surface area (Å²) in [5.41, 5.74) is 8.56. The van der Waals surface area contributed by atoms with Crippen molar-refractivity contribution < 1.29 is 4.79 Å². The zero-order chi connectivity index (χ0) is 16.1. The van der Waals surface area contributed by atoms with Crippen molar-refractivity contribution in [3.8, 4) is 11.1 Å². The Morgan fingerprint density at radius 3 is 2.35 bits per heavy atom. The van der Waals surface area contributed by atoms with Crippen molar-refractivity contribution >= 4 is 16.6 Å². The van der Waals surface area contributed by atoms with E-state index in [4.69, 9.17) is 0 Å². The van der Waals surface area contributed by atoms with Gasteiger partial charge in [0.1, 0.15) is 0 Å². The first-order valence-corrected chi connectivity index (χ1v) is 8.23. The van der Waals surface area contributed by atoms with Gasteiger partial charge in [-0.1, -0.05) is 36.4 Å². The molecule has 1 heteroatoms. The van der Waals surface area contributed by atoms with Gasteiger partial charge in [-0.3, -0.25) is 4.79 Å². The summed E-state index contributed by atoms with van der Waals surface area (Å²) in [6.07, 6.45) is 1.50. The first-order valence-electron chi connectivity index (χ1n) is 8.23. The van der Waals surface area contributed by atoms with Gasteiger partial charge in [0.15, 0.2) is 5.78 Å². The maximum absolute atomic E-state index is 12.4. The monoisotopic (exact) mass is 300 g/mol. The van der Waals surface area contributed by atoms with E-state index in [0.29, 0.717) is 6.42 Å². The molecule has 0 spiro atoms. The highest BCUT2D eigenvalue weighted by Gasteiger charge is 2.26. The molecular formula is C22H20O. The fourth-order valence-electron chi connectivity index (χ4n) is 3.94. The van der Waals surface area contributed by atoms with Crippen molar-refractivity contribution in [2.75, 3.05) is 0 Å². The summed E-state index contributed by atoms with van der Waals surface area (Å²) in [6, 6.07) is 14.9. The zero-order valence-electron chi connectivity index (χ0n) is 13.9. The molecule has 3 aromatic carbocycles.